The Morgan fingerprint density at radius 3 is 3.00 bits per heavy atom. The highest BCUT2D eigenvalue weighted by Crippen LogP contribution is 2.23. The number of carbonyl (C=O) groups is 2. The van der Waals surface area contributed by atoms with E-state index in [1.807, 2.05) is 18.2 Å². The van der Waals surface area contributed by atoms with E-state index < -0.39 is 0 Å². The Hall–Kier alpha value is -1.98. The minimum Gasteiger partial charge on any atom is -0.461 e. The monoisotopic (exact) mass is 274 g/mol. The highest BCUT2D eigenvalue weighted by molar-refractivity contribution is 6.57. The molecule has 1 saturated heterocycles. The molecule has 0 aromatic heterocycles. The van der Waals surface area contributed by atoms with Crippen LogP contribution in [-0.4, -0.2) is 38.8 Å². The minimum atomic E-state index is -0.226. The summed E-state index contributed by atoms with van der Waals surface area (Å²) in [5, 5.41) is 2.79. The number of amides is 1. The molecule has 1 amide bonds. The van der Waals surface area contributed by atoms with Crippen molar-refractivity contribution in [2.24, 2.45) is 0 Å². The molecule has 0 radical (unpaired) electrons. The van der Waals surface area contributed by atoms with Gasteiger partial charge in [-0.2, -0.15) is 0 Å². The number of carbonyl (C=O) groups excluding carboxylic acids is 2. The first-order valence-electron chi connectivity index (χ1n) is 6.80. The number of hydrogen-bond acceptors (Lipinski definition) is 4. The number of esters is 1. The SMILES string of the molecule is BC(=O)NCc1cccc(N2CC[C@H](OC(C)=O)C2)c1. The molecule has 1 fully saturated rings. The van der Waals surface area contributed by atoms with Crippen molar-refractivity contribution in [2.45, 2.75) is 26.0 Å². The standard InChI is InChI=1S/C14H19BN2O3/c1-10(18)20-13-5-6-17(9-13)12-4-2-3-11(7-12)8-16-14(15)19/h2-4,7,13H,5-6,8-9,15H2,1H3,(H,16,19)/t13-/m0/s1. The van der Waals surface area contributed by atoms with E-state index in [9.17, 15) is 9.59 Å². The molecule has 0 spiro atoms. The average molecular weight is 274 g/mol. The van der Waals surface area contributed by atoms with Crippen molar-refractivity contribution < 1.29 is 14.3 Å². The van der Waals surface area contributed by atoms with Crippen LogP contribution in [0, 0.1) is 0 Å². The first kappa shape index (κ1) is 14.4. The van der Waals surface area contributed by atoms with Crippen molar-refractivity contribution in [2.75, 3.05) is 18.0 Å². The van der Waals surface area contributed by atoms with E-state index >= 15 is 0 Å². The normalized spacial score (nSPS) is 17.9. The van der Waals surface area contributed by atoms with Crippen LogP contribution in [0.5, 0.6) is 0 Å². The van der Waals surface area contributed by atoms with Gasteiger partial charge in [-0.3, -0.25) is 9.59 Å². The molecule has 0 unspecified atom stereocenters. The van der Waals surface area contributed by atoms with Gasteiger partial charge in [-0.05, 0) is 17.7 Å². The maximum Gasteiger partial charge on any atom is 0.302 e. The summed E-state index contributed by atoms with van der Waals surface area (Å²) in [4.78, 5) is 24.1. The van der Waals surface area contributed by atoms with Gasteiger partial charge >= 0.3 is 5.97 Å². The van der Waals surface area contributed by atoms with Gasteiger partial charge in [0.05, 0.1) is 6.54 Å². The Balaban J connectivity index is 1.97. The second kappa shape index (κ2) is 6.46. The summed E-state index contributed by atoms with van der Waals surface area (Å²) in [7, 11) is 1.51. The van der Waals surface area contributed by atoms with Gasteiger partial charge in [-0.15, -0.1) is 0 Å². The second-order valence-corrected chi connectivity index (χ2v) is 5.05. The van der Waals surface area contributed by atoms with E-state index in [0.29, 0.717) is 6.54 Å². The lowest BCUT2D eigenvalue weighted by atomic mass is 10.1. The molecule has 1 aromatic carbocycles. The summed E-state index contributed by atoms with van der Waals surface area (Å²) >= 11 is 0. The lowest BCUT2D eigenvalue weighted by molar-refractivity contribution is -0.145. The number of benzene rings is 1. The largest absolute Gasteiger partial charge is 0.461 e. The number of rotatable bonds is 4. The third-order valence-corrected chi connectivity index (χ3v) is 3.29. The number of hydrogen-bond donors (Lipinski definition) is 1. The highest BCUT2D eigenvalue weighted by atomic mass is 16.5. The van der Waals surface area contributed by atoms with Crippen LogP contribution in [0.15, 0.2) is 24.3 Å². The van der Waals surface area contributed by atoms with Crippen LogP contribution in [0.25, 0.3) is 0 Å². The molecule has 106 valence electrons. The smallest absolute Gasteiger partial charge is 0.302 e. The number of nitrogens with zero attached hydrogens (tertiary/aromatic N) is 1. The fourth-order valence-corrected chi connectivity index (χ4v) is 2.38. The van der Waals surface area contributed by atoms with Gasteiger partial charge in [-0.25, -0.2) is 0 Å². The highest BCUT2D eigenvalue weighted by Gasteiger charge is 2.24. The molecule has 2 rings (SSSR count). The van der Waals surface area contributed by atoms with Gasteiger partial charge in [0.2, 0.25) is 7.85 Å². The van der Waals surface area contributed by atoms with Crippen LogP contribution in [0.2, 0.25) is 0 Å². The molecule has 20 heavy (non-hydrogen) atoms. The summed E-state index contributed by atoms with van der Waals surface area (Å²) in [5.74, 6) is -0.261. The molecule has 1 atom stereocenters. The van der Waals surface area contributed by atoms with Crippen LogP contribution in [0.3, 0.4) is 0 Å². The average Bonchev–Trinajstić information content (AvgIpc) is 2.84. The molecular formula is C14H19BN2O3. The van der Waals surface area contributed by atoms with E-state index in [1.54, 1.807) is 0 Å². The van der Waals surface area contributed by atoms with Crippen LogP contribution in [0.4, 0.5) is 10.5 Å². The van der Waals surface area contributed by atoms with Crippen molar-refractivity contribution in [3.63, 3.8) is 0 Å². The summed E-state index contributed by atoms with van der Waals surface area (Å²) < 4.78 is 5.23. The predicted molar refractivity (Wildman–Crippen MR) is 79.6 cm³/mol. The second-order valence-electron chi connectivity index (χ2n) is 5.05. The zero-order chi connectivity index (χ0) is 14.5. The topological polar surface area (TPSA) is 58.6 Å². The Bertz CT molecular complexity index is 507. The third kappa shape index (κ3) is 4.01. The summed E-state index contributed by atoms with van der Waals surface area (Å²) in [6.07, 6.45) is 0.835. The predicted octanol–water partition coefficient (Wildman–Crippen LogP) is 0.671. The molecule has 1 aliphatic rings. The van der Waals surface area contributed by atoms with Gasteiger partial charge in [-0.1, -0.05) is 12.1 Å². The number of anilines is 1. The minimum absolute atomic E-state index is 0.0218. The van der Waals surface area contributed by atoms with Crippen LogP contribution in [0.1, 0.15) is 18.9 Å². The fourth-order valence-electron chi connectivity index (χ4n) is 2.38. The number of nitrogens with one attached hydrogen (secondary N) is 1. The number of ether oxygens (including phenoxy) is 1. The van der Waals surface area contributed by atoms with Crippen molar-refractivity contribution in [3.05, 3.63) is 29.8 Å². The lowest BCUT2D eigenvalue weighted by Crippen LogP contribution is -2.24. The molecule has 1 heterocycles. The molecule has 0 saturated carbocycles. The Morgan fingerprint density at radius 2 is 2.30 bits per heavy atom. The van der Waals surface area contributed by atoms with E-state index in [1.165, 1.54) is 14.8 Å². The molecule has 5 nitrogen and oxygen atoms in total. The maximum atomic E-state index is 11.0. The third-order valence-electron chi connectivity index (χ3n) is 3.29. The van der Waals surface area contributed by atoms with Crippen molar-refractivity contribution in [3.8, 4) is 0 Å². The van der Waals surface area contributed by atoms with Gasteiger partial charge in [0, 0.05) is 32.1 Å². The van der Waals surface area contributed by atoms with Gasteiger partial charge in [0.15, 0.2) is 5.81 Å². The lowest BCUT2D eigenvalue weighted by Gasteiger charge is -2.19. The zero-order valence-electron chi connectivity index (χ0n) is 11.9. The molecule has 1 aromatic rings. The van der Waals surface area contributed by atoms with Gasteiger partial charge < -0.3 is 15.0 Å². The summed E-state index contributed by atoms with van der Waals surface area (Å²) in [6, 6.07) is 8.06. The van der Waals surface area contributed by atoms with E-state index in [0.717, 1.165) is 30.8 Å². The van der Waals surface area contributed by atoms with Crippen molar-refractivity contribution >= 4 is 25.3 Å². The molecule has 6 heteroatoms. The molecule has 0 aliphatic carbocycles. The Labute approximate surface area is 119 Å². The first-order valence-corrected chi connectivity index (χ1v) is 6.80. The first-order chi connectivity index (χ1) is 9.54. The quantitative estimate of drug-likeness (QED) is 0.647. The van der Waals surface area contributed by atoms with E-state index in [2.05, 4.69) is 16.3 Å². The Kier molecular flexibility index (Phi) is 4.66. The molecule has 1 aliphatic heterocycles. The maximum absolute atomic E-state index is 11.0. The Morgan fingerprint density at radius 1 is 1.50 bits per heavy atom. The van der Waals surface area contributed by atoms with Gasteiger partial charge in [0.25, 0.3) is 0 Å². The van der Waals surface area contributed by atoms with E-state index in [4.69, 9.17) is 4.74 Å². The summed E-state index contributed by atoms with van der Waals surface area (Å²) in [5.41, 5.74) is 2.16. The van der Waals surface area contributed by atoms with Crippen LogP contribution in [-0.2, 0) is 16.1 Å². The summed E-state index contributed by atoms with van der Waals surface area (Å²) in [6.45, 7) is 3.58. The van der Waals surface area contributed by atoms with Crippen molar-refractivity contribution in [1.82, 2.24) is 5.32 Å². The zero-order valence-corrected chi connectivity index (χ0v) is 11.9. The van der Waals surface area contributed by atoms with Gasteiger partial charge in [0.1, 0.15) is 6.10 Å². The fraction of sp³-hybridized carbons (Fsp3) is 0.429. The van der Waals surface area contributed by atoms with Crippen LogP contribution < -0.4 is 10.2 Å². The molecular weight excluding hydrogens is 255 g/mol. The van der Waals surface area contributed by atoms with Crippen molar-refractivity contribution in [1.29, 1.82) is 0 Å². The van der Waals surface area contributed by atoms with Crippen LogP contribution >= 0.6 is 0 Å². The van der Waals surface area contributed by atoms with E-state index in [-0.39, 0.29) is 17.9 Å². The molecule has 1 N–H and O–H groups in total. The molecule has 0 bridgehead atoms.